The summed E-state index contributed by atoms with van der Waals surface area (Å²) in [4.78, 5) is 25.2. The van der Waals surface area contributed by atoms with Crippen LogP contribution in [-0.4, -0.2) is 36.0 Å². The molecule has 7 heteroatoms. The molecular formula is C15H19F2N3O2. The minimum absolute atomic E-state index is 0.118. The summed E-state index contributed by atoms with van der Waals surface area (Å²) in [7, 11) is 0. The van der Waals surface area contributed by atoms with Crippen LogP contribution in [0.3, 0.4) is 0 Å². The Morgan fingerprint density at radius 1 is 1.45 bits per heavy atom. The highest BCUT2D eigenvalue weighted by molar-refractivity contribution is 5.94. The highest BCUT2D eigenvalue weighted by Crippen LogP contribution is 2.15. The van der Waals surface area contributed by atoms with Crippen molar-refractivity contribution in [3.63, 3.8) is 0 Å². The zero-order chi connectivity index (χ0) is 16.1. The van der Waals surface area contributed by atoms with Crippen molar-refractivity contribution in [2.24, 2.45) is 0 Å². The fourth-order valence-electron chi connectivity index (χ4n) is 2.39. The van der Waals surface area contributed by atoms with Crippen LogP contribution in [0.25, 0.3) is 0 Å². The first-order valence-corrected chi connectivity index (χ1v) is 7.25. The lowest BCUT2D eigenvalue weighted by Crippen LogP contribution is -2.52. The van der Waals surface area contributed by atoms with Gasteiger partial charge in [-0.2, -0.15) is 0 Å². The molecule has 22 heavy (non-hydrogen) atoms. The topological polar surface area (TPSA) is 61.4 Å². The molecule has 120 valence electrons. The van der Waals surface area contributed by atoms with Crippen molar-refractivity contribution < 1.29 is 18.4 Å². The first kappa shape index (κ1) is 16.4. The van der Waals surface area contributed by atoms with Gasteiger partial charge in [-0.15, -0.1) is 0 Å². The third-order valence-corrected chi connectivity index (χ3v) is 3.52. The second-order valence-corrected chi connectivity index (χ2v) is 5.32. The fraction of sp³-hybridized carbons (Fsp3) is 0.467. The number of amides is 2. The van der Waals surface area contributed by atoms with E-state index in [0.29, 0.717) is 6.42 Å². The molecule has 0 spiro atoms. The summed E-state index contributed by atoms with van der Waals surface area (Å²) >= 11 is 0. The van der Waals surface area contributed by atoms with Crippen molar-refractivity contribution >= 4 is 17.5 Å². The van der Waals surface area contributed by atoms with Gasteiger partial charge in [0.15, 0.2) is 0 Å². The molecule has 1 saturated heterocycles. The number of anilines is 1. The van der Waals surface area contributed by atoms with Gasteiger partial charge >= 0.3 is 0 Å². The Bertz CT molecular complexity index is 566. The standard InChI is InChI=1S/C15H19F2N3O2/c1-2-3-11-7-15(22)20(9-18-11)8-14(21)19-13-6-10(16)4-5-12(13)17/h4-6,11,18H,2-3,7-9H2,1H3,(H,19,21). The molecule has 1 atom stereocenters. The molecule has 2 rings (SSSR count). The Morgan fingerprint density at radius 2 is 2.23 bits per heavy atom. The van der Waals surface area contributed by atoms with Crippen molar-refractivity contribution in [2.45, 2.75) is 32.2 Å². The molecule has 0 bridgehead atoms. The van der Waals surface area contributed by atoms with Gasteiger partial charge in [-0.3, -0.25) is 14.9 Å². The first-order valence-electron chi connectivity index (χ1n) is 7.25. The van der Waals surface area contributed by atoms with E-state index < -0.39 is 17.5 Å². The number of benzene rings is 1. The number of nitrogens with zero attached hydrogens (tertiary/aromatic N) is 1. The van der Waals surface area contributed by atoms with Crippen LogP contribution < -0.4 is 10.6 Å². The Labute approximate surface area is 127 Å². The summed E-state index contributed by atoms with van der Waals surface area (Å²) in [6, 6.07) is 2.95. The van der Waals surface area contributed by atoms with E-state index in [1.807, 2.05) is 6.92 Å². The molecule has 0 radical (unpaired) electrons. The smallest absolute Gasteiger partial charge is 0.244 e. The Morgan fingerprint density at radius 3 is 2.91 bits per heavy atom. The number of halogens is 2. The molecule has 1 aromatic rings. The van der Waals surface area contributed by atoms with Crippen LogP contribution in [-0.2, 0) is 9.59 Å². The second kappa shape index (κ2) is 7.31. The van der Waals surface area contributed by atoms with E-state index in [1.165, 1.54) is 4.90 Å². The number of carbonyl (C=O) groups excluding carboxylic acids is 2. The normalized spacial score (nSPS) is 18.4. The highest BCUT2D eigenvalue weighted by atomic mass is 19.1. The molecule has 1 aliphatic rings. The third kappa shape index (κ3) is 4.24. The molecule has 1 heterocycles. The molecule has 0 aromatic heterocycles. The Kier molecular flexibility index (Phi) is 5.43. The van der Waals surface area contributed by atoms with Crippen LogP contribution >= 0.6 is 0 Å². The third-order valence-electron chi connectivity index (χ3n) is 3.52. The number of carbonyl (C=O) groups is 2. The van der Waals surface area contributed by atoms with Crippen molar-refractivity contribution in [3.05, 3.63) is 29.8 Å². The monoisotopic (exact) mass is 311 g/mol. The number of nitrogens with one attached hydrogen (secondary N) is 2. The van der Waals surface area contributed by atoms with Crippen LogP contribution in [0.4, 0.5) is 14.5 Å². The Balaban J connectivity index is 1.90. The van der Waals surface area contributed by atoms with Crippen LogP contribution in [0.1, 0.15) is 26.2 Å². The quantitative estimate of drug-likeness (QED) is 0.872. The predicted octanol–water partition coefficient (Wildman–Crippen LogP) is 1.85. The predicted molar refractivity (Wildman–Crippen MR) is 78.0 cm³/mol. The molecule has 0 aliphatic carbocycles. The maximum Gasteiger partial charge on any atom is 0.244 e. The maximum atomic E-state index is 13.4. The van der Waals surface area contributed by atoms with Crippen LogP contribution in [0, 0.1) is 11.6 Å². The summed E-state index contributed by atoms with van der Waals surface area (Å²) in [5.41, 5.74) is -0.230. The summed E-state index contributed by atoms with van der Waals surface area (Å²) < 4.78 is 26.5. The number of hydrogen-bond acceptors (Lipinski definition) is 3. The highest BCUT2D eigenvalue weighted by Gasteiger charge is 2.26. The van der Waals surface area contributed by atoms with Gasteiger partial charge in [0.2, 0.25) is 11.8 Å². The summed E-state index contributed by atoms with van der Waals surface area (Å²) in [5, 5.41) is 5.46. The van der Waals surface area contributed by atoms with Crippen LogP contribution in [0.2, 0.25) is 0 Å². The summed E-state index contributed by atoms with van der Waals surface area (Å²) in [6.07, 6.45) is 2.22. The van der Waals surface area contributed by atoms with Crippen LogP contribution in [0.5, 0.6) is 0 Å². The van der Waals surface area contributed by atoms with E-state index in [1.54, 1.807) is 0 Å². The van der Waals surface area contributed by atoms with Gasteiger partial charge in [-0.05, 0) is 18.6 Å². The van der Waals surface area contributed by atoms with Crippen molar-refractivity contribution in [1.29, 1.82) is 0 Å². The van der Waals surface area contributed by atoms with Gasteiger partial charge < -0.3 is 10.2 Å². The lowest BCUT2D eigenvalue weighted by molar-refractivity contribution is -0.138. The Hall–Kier alpha value is -2.02. The van der Waals surface area contributed by atoms with Crippen LogP contribution in [0.15, 0.2) is 18.2 Å². The largest absolute Gasteiger partial charge is 0.322 e. The SMILES string of the molecule is CCCC1CC(=O)N(CC(=O)Nc2cc(F)ccc2F)CN1. The molecule has 0 saturated carbocycles. The zero-order valence-corrected chi connectivity index (χ0v) is 12.4. The molecule has 1 fully saturated rings. The minimum Gasteiger partial charge on any atom is -0.322 e. The minimum atomic E-state index is -0.721. The zero-order valence-electron chi connectivity index (χ0n) is 12.4. The average Bonchev–Trinajstić information content (AvgIpc) is 2.46. The molecule has 1 aliphatic heterocycles. The van der Waals surface area contributed by atoms with Gasteiger partial charge in [0.05, 0.1) is 12.4 Å². The molecule has 2 amide bonds. The van der Waals surface area contributed by atoms with Gasteiger partial charge in [0.25, 0.3) is 0 Å². The lowest BCUT2D eigenvalue weighted by atomic mass is 10.1. The molecule has 5 nitrogen and oxygen atoms in total. The second-order valence-electron chi connectivity index (χ2n) is 5.32. The van der Waals surface area contributed by atoms with Crippen molar-refractivity contribution in [2.75, 3.05) is 18.5 Å². The van der Waals surface area contributed by atoms with Gasteiger partial charge in [-0.25, -0.2) is 8.78 Å². The van der Waals surface area contributed by atoms with Crippen molar-refractivity contribution in [1.82, 2.24) is 10.2 Å². The molecular weight excluding hydrogens is 292 g/mol. The fourth-order valence-corrected chi connectivity index (χ4v) is 2.39. The lowest BCUT2D eigenvalue weighted by Gasteiger charge is -2.32. The van der Waals surface area contributed by atoms with Gasteiger partial charge in [-0.1, -0.05) is 13.3 Å². The van der Waals surface area contributed by atoms with E-state index in [0.717, 1.165) is 31.0 Å². The van der Waals surface area contributed by atoms with E-state index >= 15 is 0 Å². The number of rotatable bonds is 5. The van der Waals surface area contributed by atoms with E-state index in [4.69, 9.17) is 0 Å². The first-order chi connectivity index (χ1) is 10.5. The number of hydrogen-bond donors (Lipinski definition) is 2. The van der Waals surface area contributed by atoms with E-state index in [-0.39, 0.29) is 30.8 Å². The van der Waals surface area contributed by atoms with E-state index in [9.17, 15) is 18.4 Å². The summed E-state index contributed by atoms with van der Waals surface area (Å²) in [5.74, 6) is -2.05. The van der Waals surface area contributed by atoms with Crippen molar-refractivity contribution in [3.8, 4) is 0 Å². The van der Waals surface area contributed by atoms with E-state index in [2.05, 4.69) is 10.6 Å². The molecule has 2 N–H and O–H groups in total. The maximum absolute atomic E-state index is 13.4. The van der Waals surface area contributed by atoms with Gasteiger partial charge in [0.1, 0.15) is 18.2 Å². The average molecular weight is 311 g/mol. The van der Waals surface area contributed by atoms with Gasteiger partial charge in [0, 0.05) is 18.5 Å². The summed E-state index contributed by atoms with van der Waals surface area (Å²) in [6.45, 7) is 2.13. The molecule has 1 aromatic carbocycles. The molecule has 1 unspecified atom stereocenters.